The summed E-state index contributed by atoms with van der Waals surface area (Å²) in [6.45, 7) is 7.65. The predicted octanol–water partition coefficient (Wildman–Crippen LogP) is 4.63. The summed E-state index contributed by atoms with van der Waals surface area (Å²) in [6, 6.07) is 7.20. The van der Waals surface area contributed by atoms with Crippen LogP contribution < -0.4 is 5.32 Å². The first kappa shape index (κ1) is 13.8. The van der Waals surface area contributed by atoms with Gasteiger partial charge in [-0.05, 0) is 48.5 Å². The van der Waals surface area contributed by atoms with Crippen molar-refractivity contribution < 1.29 is 0 Å². The van der Waals surface area contributed by atoms with Crippen molar-refractivity contribution in [3.8, 4) is 0 Å². The van der Waals surface area contributed by atoms with E-state index in [4.69, 9.17) is 0 Å². The molecule has 1 N–H and O–H groups in total. The van der Waals surface area contributed by atoms with Gasteiger partial charge in [0.25, 0.3) is 0 Å². The van der Waals surface area contributed by atoms with Gasteiger partial charge in [-0.3, -0.25) is 0 Å². The van der Waals surface area contributed by atoms with E-state index in [1.165, 1.54) is 20.2 Å². The van der Waals surface area contributed by atoms with E-state index in [1.54, 1.807) is 0 Å². The number of thiophene rings is 2. The van der Waals surface area contributed by atoms with Gasteiger partial charge in [-0.2, -0.15) is 0 Å². The van der Waals surface area contributed by atoms with Gasteiger partial charge in [0.15, 0.2) is 0 Å². The summed E-state index contributed by atoms with van der Waals surface area (Å²) in [5, 5.41) is 5.85. The van der Waals surface area contributed by atoms with E-state index in [1.807, 2.05) is 22.7 Å². The molecule has 2 rings (SSSR count). The molecule has 0 bridgehead atoms. The van der Waals surface area contributed by atoms with Gasteiger partial charge in [-0.25, -0.2) is 0 Å². The third-order valence-electron chi connectivity index (χ3n) is 3.15. The number of nitrogens with one attached hydrogen (secondary N) is 1. The van der Waals surface area contributed by atoms with E-state index in [2.05, 4.69) is 49.7 Å². The fourth-order valence-electron chi connectivity index (χ4n) is 2.16. The van der Waals surface area contributed by atoms with E-state index < -0.39 is 0 Å². The molecule has 0 radical (unpaired) electrons. The summed E-state index contributed by atoms with van der Waals surface area (Å²) in [5.74, 6) is 0. The van der Waals surface area contributed by atoms with Crippen LogP contribution in [0.25, 0.3) is 0 Å². The number of rotatable bonds is 6. The van der Waals surface area contributed by atoms with Crippen molar-refractivity contribution >= 4 is 22.7 Å². The SMILES string of the molecule is CCNC(c1ccc(CC)s1)c1sccc1CC. The highest BCUT2D eigenvalue weighted by atomic mass is 32.1. The lowest BCUT2D eigenvalue weighted by Crippen LogP contribution is -2.21. The van der Waals surface area contributed by atoms with Crippen molar-refractivity contribution in [2.75, 3.05) is 6.54 Å². The third-order valence-corrected chi connectivity index (χ3v) is 5.47. The van der Waals surface area contributed by atoms with Crippen molar-refractivity contribution in [3.05, 3.63) is 43.8 Å². The number of aryl methyl sites for hydroxylation is 2. The van der Waals surface area contributed by atoms with Gasteiger partial charge in [0.05, 0.1) is 6.04 Å². The van der Waals surface area contributed by atoms with Crippen molar-refractivity contribution in [2.24, 2.45) is 0 Å². The summed E-state index contributed by atoms with van der Waals surface area (Å²) >= 11 is 3.82. The molecule has 1 nitrogen and oxygen atoms in total. The van der Waals surface area contributed by atoms with Crippen LogP contribution in [-0.2, 0) is 12.8 Å². The second kappa shape index (κ2) is 6.50. The van der Waals surface area contributed by atoms with E-state index in [-0.39, 0.29) is 0 Å². The molecule has 0 aliphatic heterocycles. The number of hydrogen-bond donors (Lipinski definition) is 1. The van der Waals surface area contributed by atoms with Gasteiger partial charge >= 0.3 is 0 Å². The average molecular weight is 279 g/mol. The zero-order valence-electron chi connectivity index (χ0n) is 11.3. The Morgan fingerprint density at radius 3 is 2.56 bits per heavy atom. The fraction of sp³-hybridized carbons (Fsp3) is 0.467. The summed E-state index contributed by atoms with van der Waals surface area (Å²) in [4.78, 5) is 4.41. The average Bonchev–Trinajstić information content (AvgIpc) is 3.04. The van der Waals surface area contributed by atoms with Crippen molar-refractivity contribution in [1.82, 2.24) is 5.32 Å². The van der Waals surface area contributed by atoms with Crippen LogP contribution in [0.5, 0.6) is 0 Å². The highest BCUT2D eigenvalue weighted by molar-refractivity contribution is 7.13. The van der Waals surface area contributed by atoms with E-state index >= 15 is 0 Å². The molecule has 1 unspecified atom stereocenters. The lowest BCUT2D eigenvalue weighted by atomic mass is 10.1. The van der Waals surface area contributed by atoms with Gasteiger partial charge in [-0.15, -0.1) is 22.7 Å². The molecule has 1 atom stereocenters. The van der Waals surface area contributed by atoms with Gasteiger partial charge < -0.3 is 5.32 Å². The van der Waals surface area contributed by atoms with Crippen molar-refractivity contribution in [2.45, 2.75) is 39.7 Å². The van der Waals surface area contributed by atoms with Gasteiger partial charge in [0.2, 0.25) is 0 Å². The van der Waals surface area contributed by atoms with E-state index in [0.29, 0.717) is 6.04 Å². The molecule has 0 aliphatic carbocycles. The standard InChI is InChI=1S/C15H21NS2/c1-4-11-9-10-17-15(11)14(16-6-3)13-8-7-12(5-2)18-13/h7-10,14,16H,4-6H2,1-3H3. The highest BCUT2D eigenvalue weighted by Gasteiger charge is 2.18. The molecule has 0 aliphatic rings. The molecular formula is C15H21NS2. The Balaban J connectivity index is 2.33. The Hall–Kier alpha value is -0.640. The zero-order chi connectivity index (χ0) is 13.0. The molecule has 3 heteroatoms. The lowest BCUT2D eigenvalue weighted by Gasteiger charge is -2.16. The molecule has 0 saturated carbocycles. The normalized spacial score (nSPS) is 12.8. The Labute approximate surface area is 118 Å². The van der Waals surface area contributed by atoms with Gasteiger partial charge in [0.1, 0.15) is 0 Å². The molecule has 0 amide bonds. The van der Waals surface area contributed by atoms with Crippen LogP contribution in [0.15, 0.2) is 23.6 Å². The largest absolute Gasteiger partial charge is 0.305 e. The van der Waals surface area contributed by atoms with Crippen LogP contribution in [0.1, 0.15) is 47.0 Å². The van der Waals surface area contributed by atoms with E-state index in [0.717, 1.165) is 19.4 Å². The molecule has 0 saturated heterocycles. The number of hydrogen-bond acceptors (Lipinski definition) is 3. The maximum Gasteiger partial charge on any atom is 0.0767 e. The van der Waals surface area contributed by atoms with E-state index in [9.17, 15) is 0 Å². The molecular weight excluding hydrogens is 258 g/mol. The van der Waals surface area contributed by atoms with Crippen LogP contribution in [0.4, 0.5) is 0 Å². The van der Waals surface area contributed by atoms with Crippen LogP contribution in [0.2, 0.25) is 0 Å². The molecule has 0 spiro atoms. The van der Waals surface area contributed by atoms with Crippen LogP contribution in [0.3, 0.4) is 0 Å². The molecule has 0 aromatic carbocycles. The lowest BCUT2D eigenvalue weighted by molar-refractivity contribution is 0.644. The van der Waals surface area contributed by atoms with Crippen molar-refractivity contribution in [3.63, 3.8) is 0 Å². The Bertz CT molecular complexity index is 484. The van der Waals surface area contributed by atoms with Gasteiger partial charge in [0, 0.05) is 14.6 Å². The first-order valence-electron chi connectivity index (χ1n) is 6.68. The topological polar surface area (TPSA) is 12.0 Å². The van der Waals surface area contributed by atoms with Crippen molar-refractivity contribution in [1.29, 1.82) is 0 Å². The molecule has 98 valence electrons. The first-order chi connectivity index (χ1) is 8.80. The zero-order valence-corrected chi connectivity index (χ0v) is 13.0. The Kier molecular flexibility index (Phi) is 4.98. The summed E-state index contributed by atoms with van der Waals surface area (Å²) in [5.41, 5.74) is 1.48. The molecule has 2 aromatic heterocycles. The molecule has 18 heavy (non-hydrogen) atoms. The minimum absolute atomic E-state index is 0.384. The maximum absolute atomic E-state index is 3.63. The van der Waals surface area contributed by atoms with Gasteiger partial charge in [-0.1, -0.05) is 20.8 Å². The smallest absolute Gasteiger partial charge is 0.0767 e. The second-order valence-corrected chi connectivity index (χ2v) is 6.46. The molecule has 2 heterocycles. The molecule has 0 fully saturated rings. The summed E-state index contributed by atoms with van der Waals surface area (Å²) < 4.78 is 0. The van der Waals surface area contributed by atoms with Crippen LogP contribution in [-0.4, -0.2) is 6.54 Å². The Morgan fingerprint density at radius 2 is 1.94 bits per heavy atom. The highest BCUT2D eigenvalue weighted by Crippen LogP contribution is 2.34. The third kappa shape index (κ3) is 2.85. The minimum Gasteiger partial charge on any atom is -0.305 e. The monoisotopic (exact) mass is 279 g/mol. The quantitative estimate of drug-likeness (QED) is 0.812. The molecule has 2 aromatic rings. The minimum atomic E-state index is 0.384. The first-order valence-corrected chi connectivity index (χ1v) is 8.37. The Morgan fingerprint density at radius 1 is 1.11 bits per heavy atom. The maximum atomic E-state index is 3.63. The predicted molar refractivity (Wildman–Crippen MR) is 82.9 cm³/mol. The van der Waals surface area contributed by atoms with Crippen LogP contribution >= 0.6 is 22.7 Å². The summed E-state index contributed by atoms with van der Waals surface area (Å²) in [7, 11) is 0. The summed E-state index contributed by atoms with van der Waals surface area (Å²) in [6.07, 6.45) is 2.25. The van der Waals surface area contributed by atoms with Crippen LogP contribution in [0, 0.1) is 0 Å². The second-order valence-electron chi connectivity index (χ2n) is 4.31. The fourth-order valence-corrected chi connectivity index (χ4v) is 4.36.